The SMILES string of the molecule is CN1CCCCC1CCNCCCn1ccnn1. The van der Waals surface area contributed by atoms with Crippen LogP contribution in [0.25, 0.3) is 0 Å². The second-order valence-electron chi connectivity index (χ2n) is 5.19. The van der Waals surface area contributed by atoms with Crippen LogP contribution in [0.3, 0.4) is 0 Å². The molecule has 2 heterocycles. The molecule has 1 aliphatic heterocycles. The molecule has 1 fully saturated rings. The van der Waals surface area contributed by atoms with Crippen molar-refractivity contribution in [3.63, 3.8) is 0 Å². The summed E-state index contributed by atoms with van der Waals surface area (Å²) in [5.74, 6) is 0. The normalized spacial score (nSPS) is 21.3. The van der Waals surface area contributed by atoms with Crippen molar-refractivity contribution in [1.29, 1.82) is 0 Å². The molecule has 1 aromatic rings. The molecule has 1 aromatic heterocycles. The van der Waals surface area contributed by atoms with Crippen LogP contribution in [0.5, 0.6) is 0 Å². The molecule has 5 heteroatoms. The first-order valence-electron chi connectivity index (χ1n) is 7.11. The summed E-state index contributed by atoms with van der Waals surface area (Å²) in [5, 5.41) is 11.3. The van der Waals surface area contributed by atoms with E-state index in [1.165, 1.54) is 32.2 Å². The number of piperidine rings is 1. The standard InChI is InChI=1S/C13H25N5/c1-17-10-3-2-5-13(17)6-8-14-7-4-11-18-12-9-15-16-18/h9,12-14H,2-8,10-11H2,1H3. The molecule has 0 saturated carbocycles. The van der Waals surface area contributed by atoms with E-state index in [1.807, 2.05) is 10.9 Å². The molecule has 5 nitrogen and oxygen atoms in total. The highest BCUT2D eigenvalue weighted by Crippen LogP contribution is 2.16. The van der Waals surface area contributed by atoms with Gasteiger partial charge in [-0.25, -0.2) is 0 Å². The minimum Gasteiger partial charge on any atom is -0.317 e. The van der Waals surface area contributed by atoms with Gasteiger partial charge in [0.1, 0.15) is 0 Å². The lowest BCUT2D eigenvalue weighted by Crippen LogP contribution is -2.38. The number of hydrogen-bond acceptors (Lipinski definition) is 4. The summed E-state index contributed by atoms with van der Waals surface area (Å²) in [6.07, 6.45) is 10.2. The zero-order valence-electron chi connectivity index (χ0n) is 11.4. The average molecular weight is 251 g/mol. The van der Waals surface area contributed by atoms with Crippen molar-refractivity contribution < 1.29 is 0 Å². The molecule has 0 aromatic carbocycles. The largest absolute Gasteiger partial charge is 0.317 e. The molecule has 1 aliphatic rings. The third-order valence-electron chi connectivity index (χ3n) is 3.79. The second kappa shape index (κ2) is 7.48. The van der Waals surface area contributed by atoms with Crippen molar-refractivity contribution in [2.75, 3.05) is 26.7 Å². The van der Waals surface area contributed by atoms with E-state index >= 15 is 0 Å². The molecule has 0 spiro atoms. The maximum Gasteiger partial charge on any atom is 0.0692 e. The number of hydrogen-bond donors (Lipinski definition) is 1. The molecule has 1 unspecified atom stereocenters. The predicted octanol–water partition coefficient (Wildman–Crippen LogP) is 1.13. The Kier molecular flexibility index (Phi) is 5.61. The Morgan fingerprint density at radius 3 is 3.06 bits per heavy atom. The van der Waals surface area contributed by atoms with Gasteiger partial charge in [-0.1, -0.05) is 11.6 Å². The van der Waals surface area contributed by atoms with Crippen LogP contribution in [0.15, 0.2) is 12.4 Å². The smallest absolute Gasteiger partial charge is 0.0692 e. The molecule has 0 aliphatic carbocycles. The van der Waals surface area contributed by atoms with Gasteiger partial charge in [-0.15, -0.1) is 5.10 Å². The van der Waals surface area contributed by atoms with Gasteiger partial charge < -0.3 is 10.2 Å². The van der Waals surface area contributed by atoms with Crippen molar-refractivity contribution in [1.82, 2.24) is 25.2 Å². The van der Waals surface area contributed by atoms with Gasteiger partial charge in [-0.2, -0.15) is 0 Å². The van der Waals surface area contributed by atoms with Crippen molar-refractivity contribution in [2.24, 2.45) is 0 Å². The Bertz CT molecular complexity index is 311. The van der Waals surface area contributed by atoms with Crippen LogP contribution in [0, 0.1) is 0 Å². The van der Waals surface area contributed by atoms with E-state index < -0.39 is 0 Å². The van der Waals surface area contributed by atoms with E-state index in [2.05, 4.69) is 27.6 Å². The number of aryl methyl sites for hydroxylation is 1. The van der Waals surface area contributed by atoms with Crippen LogP contribution in [0.2, 0.25) is 0 Å². The van der Waals surface area contributed by atoms with Gasteiger partial charge in [-0.3, -0.25) is 4.68 Å². The Balaban J connectivity index is 1.48. The average Bonchev–Trinajstić information content (AvgIpc) is 2.89. The predicted molar refractivity (Wildman–Crippen MR) is 72.4 cm³/mol. The van der Waals surface area contributed by atoms with E-state index in [0.717, 1.165) is 32.1 Å². The van der Waals surface area contributed by atoms with E-state index in [4.69, 9.17) is 0 Å². The topological polar surface area (TPSA) is 46.0 Å². The van der Waals surface area contributed by atoms with Crippen molar-refractivity contribution in [3.05, 3.63) is 12.4 Å². The lowest BCUT2D eigenvalue weighted by Gasteiger charge is -2.32. The van der Waals surface area contributed by atoms with Gasteiger partial charge in [0.05, 0.1) is 6.20 Å². The van der Waals surface area contributed by atoms with E-state index in [9.17, 15) is 0 Å². The third kappa shape index (κ3) is 4.38. The third-order valence-corrected chi connectivity index (χ3v) is 3.79. The summed E-state index contributed by atoms with van der Waals surface area (Å²) >= 11 is 0. The maximum atomic E-state index is 3.95. The van der Waals surface area contributed by atoms with Gasteiger partial charge in [0, 0.05) is 18.8 Å². The highest BCUT2D eigenvalue weighted by molar-refractivity contribution is 4.74. The first-order valence-corrected chi connectivity index (χ1v) is 7.11. The zero-order valence-corrected chi connectivity index (χ0v) is 11.4. The summed E-state index contributed by atoms with van der Waals surface area (Å²) in [6.45, 7) is 4.43. The van der Waals surface area contributed by atoms with E-state index in [-0.39, 0.29) is 0 Å². The Morgan fingerprint density at radius 1 is 1.33 bits per heavy atom. The minimum absolute atomic E-state index is 0.793. The fourth-order valence-electron chi connectivity index (χ4n) is 2.62. The fourth-order valence-corrected chi connectivity index (χ4v) is 2.62. The summed E-state index contributed by atoms with van der Waals surface area (Å²) in [4.78, 5) is 2.51. The van der Waals surface area contributed by atoms with Crippen LogP contribution in [-0.2, 0) is 6.54 Å². The molecule has 2 rings (SSSR count). The van der Waals surface area contributed by atoms with Gasteiger partial charge in [0.25, 0.3) is 0 Å². The Morgan fingerprint density at radius 2 is 2.28 bits per heavy atom. The molecule has 1 atom stereocenters. The highest BCUT2D eigenvalue weighted by Gasteiger charge is 2.17. The number of likely N-dealkylation sites (tertiary alicyclic amines) is 1. The van der Waals surface area contributed by atoms with Gasteiger partial charge in [0.2, 0.25) is 0 Å². The molecule has 1 N–H and O–H groups in total. The first kappa shape index (κ1) is 13.5. The van der Waals surface area contributed by atoms with Gasteiger partial charge in [-0.05, 0) is 52.4 Å². The highest BCUT2D eigenvalue weighted by atomic mass is 15.4. The number of rotatable bonds is 7. The summed E-state index contributed by atoms with van der Waals surface area (Å²) in [6, 6.07) is 0.793. The van der Waals surface area contributed by atoms with Crippen LogP contribution < -0.4 is 5.32 Å². The molecular weight excluding hydrogens is 226 g/mol. The van der Waals surface area contributed by atoms with Crippen molar-refractivity contribution >= 4 is 0 Å². The molecular formula is C13H25N5. The molecule has 18 heavy (non-hydrogen) atoms. The maximum absolute atomic E-state index is 3.95. The lowest BCUT2D eigenvalue weighted by molar-refractivity contribution is 0.175. The molecule has 102 valence electrons. The van der Waals surface area contributed by atoms with Gasteiger partial charge >= 0.3 is 0 Å². The van der Waals surface area contributed by atoms with Crippen molar-refractivity contribution in [2.45, 2.75) is 44.7 Å². The number of nitrogens with zero attached hydrogens (tertiary/aromatic N) is 4. The molecule has 0 amide bonds. The first-order chi connectivity index (χ1) is 8.86. The number of aromatic nitrogens is 3. The summed E-state index contributed by atoms with van der Waals surface area (Å²) in [7, 11) is 2.26. The quantitative estimate of drug-likeness (QED) is 0.738. The van der Waals surface area contributed by atoms with Crippen molar-refractivity contribution in [3.8, 4) is 0 Å². The second-order valence-corrected chi connectivity index (χ2v) is 5.19. The molecule has 1 saturated heterocycles. The zero-order chi connectivity index (χ0) is 12.6. The lowest BCUT2D eigenvalue weighted by atomic mass is 10.0. The van der Waals surface area contributed by atoms with Gasteiger partial charge in [0.15, 0.2) is 0 Å². The Labute approximate surface area is 110 Å². The van der Waals surface area contributed by atoms with Crippen LogP contribution in [0.4, 0.5) is 0 Å². The van der Waals surface area contributed by atoms with Crippen LogP contribution >= 0.6 is 0 Å². The van der Waals surface area contributed by atoms with E-state index in [1.54, 1.807) is 6.20 Å². The fraction of sp³-hybridized carbons (Fsp3) is 0.846. The Hall–Kier alpha value is -0.940. The monoisotopic (exact) mass is 251 g/mol. The summed E-state index contributed by atoms with van der Waals surface area (Å²) in [5.41, 5.74) is 0. The van der Waals surface area contributed by atoms with E-state index in [0.29, 0.717) is 0 Å². The minimum atomic E-state index is 0.793. The summed E-state index contributed by atoms with van der Waals surface area (Å²) < 4.78 is 1.89. The molecule has 0 radical (unpaired) electrons. The van der Waals surface area contributed by atoms with Crippen LogP contribution in [-0.4, -0.2) is 52.6 Å². The van der Waals surface area contributed by atoms with Crippen LogP contribution in [0.1, 0.15) is 32.1 Å². The molecule has 0 bridgehead atoms. The number of nitrogens with one attached hydrogen (secondary N) is 1.